The van der Waals surface area contributed by atoms with Crippen LogP contribution in [0.15, 0.2) is 18.2 Å². The number of thiazole rings is 1. The Kier molecular flexibility index (Phi) is 6.90. The molecule has 27 heavy (non-hydrogen) atoms. The van der Waals surface area contributed by atoms with E-state index in [0.717, 1.165) is 0 Å². The Morgan fingerprint density at radius 1 is 1.37 bits per heavy atom. The molecule has 150 valence electrons. The minimum absolute atomic E-state index is 0. The van der Waals surface area contributed by atoms with Crippen molar-refractivity contribution < 1.29 is 27.4 Å². The molecule has 3 rings (SSSR count). The number of hydrogen-bond donors (Lipinski definition) is 2. The SMILES string of the molecule is COC1(C(=O)Nc2nc3ccc(OCC(F)(F)F)cc3s2)CCNCC1.Cl. The summed E-state index contributed by atoms with van der Waals surface area (Å²) in [5.74, 6) is -0.169. The Morgan fingerprint density at radius 2 is 2.07 bits per heavy atom. The minimum Gasteiger partial charge on any atom is -0.484 e. The fraction of sp³-hybridized carbons (Fsp3) is 0.500. The zero-order valence-electron chi connectivity index (χ0n) is 14.4. The van der Waals surface area contributed by atoms with Gasteiger partial charge in [-0.3, -0.25) is 10.1 Å². The molecule has 1 fully saturated rings. The van der Waals surface area contributed by atoms with Gasteiger partial charge in [0.1, 0.15) is 11.4 Å². The van der Waals surface area contributed by atoms with E-state index in [1.807, 2.05) is 0 Å². The van der Waals surface area contributed by atoms with Crippen molar-refractivity contribution in [3.63, 3.8) is 0 Å². The van der Waals surface area contributed by atoms with Crippen LogP contribution in [0.5, 0.6) is 5.75 Å². The second-order valence-electron chi connectivity index (χ2n) is 5.95. The maximum Gasteiger partial charge on any atom is 0.422 e. The number of methoxy groups -OCH3 is 1. The molecule has 1 aliphatic rings. The summed E-state index contributed by atoms with van der Waals surface area (Å²) in [5, 5.41) is 6.31. The van der Waals surface area contributed by atoms with Crippen molar-refractivity contribution in [2.75, 3.05) is 32.1 Å². The maximum atomic E-state index is 12.6. The molecule has 0 saturated carbocycles. The fourth-order valence-corrected chi connectivity index (χ4v) is 3.67. The van der Waals surface area contributed by atoms with Gasteiger partial charge in [0, 0.05) is 7.11 Å². The van der Waals surface area contributed by atoms with Gasteiger partial charge in [0.05, 0.1) is 10.2 Å². The number of piperidine rings is 1. The number of aromatic nitrogens is 1. The zero-order valence-corrected chi connectivity index (χ0v) is 16.0. The molecule has 1 aromatic carbocycles. The van der Waals surface area contributed by atoms with Crippen molar-refractivity contribution in [3.8, 4) is 5.75 Å². The summed E-state index contributed by atoms with van der Waals surface area (Å²) < 4.78 is 47.6. The first-order valence-corrected chi connectivity index (χ1v) is 8.80. The third-order valence-electron chi connectivity index (χ3n) is 4.20. The van der Waals surface area contributed by atoms with Gasteiger partial charge in [-0.1, -0.05) is 11.3 Å². The van der Waals surface area contributed by atoms with Gasteiger partial charge in [-0.2, -0.15) is 13.2 Å². The summed E-state index contributed by atoms with van der Waals surface area (Å²) in [5.41, 5.74) is -0.328. The van der Waals surface area contributed by atoms with Crippen molar-refractivity contribution in [2.45, 2.75) is 24.6 Å². The lowest BCUT2D eigenvalue weighted by molar-refractivity contribution is -0.153. The van der Waals surface area contributed by atoms with Crippen molar-refractivity contribution in [3.05, 3.63) is 18.2 Å². The van der Waals surface area contributed by atoms with Crippen molar-refractivity contribution in [1.82, 2.24) is 10.3 Å². The molecule has 1 aromatic heterocycles. The van der Waals surface area contributed by atoms with E-state index in [0.29, 0.717) is 41.3 Å². The smallest absolute Gasteiger partial charge is 0.422 e. The highest BCUT2D eigenvalue weighted by Gasteiger charge is 2.40. The normalized spacial score (nSPS) is 16.6. The number of alkyl halides is 3. The van der Waals surface area contributed by atoms with Crippen LogP contribution in [0, 0.1) is 0 Å². The molecule has 6 nitrogen and oxygen atoms in total. The molecule has 2 aromatic rings. The van der Waals surface area contributed by atoms with Crippen LogP contribution in [0.2, 0.25) is 0 Å². The van der Waals surface area contributed by atoms with E-state index in [2.05, 4.69) is 15.6 Å². The third-order valence-corrected chi connectivity index (χ3v) is 5.13. The summed E-state index contributed by atoms with van der Waals surface area (Å²) in [4.78, 5) is 16.9. The first-order chi connectivity index (χ1) is 12.3. The van der Waals surface area contributed by atoms with Crippen LogP contribution in [-0.2, 0) is 9.53 Å². The molecule has 2 N–H and O–H groups in total. The van der Waals surface area contributed by atoms with E-state index in [9.17, 15) is 18.0 Å². The molecule has 0 spiro atoms. The Bertz CT molecular complexity index is 794. The van der Waals surface area contributed by atoms with Gasteiger partial charge in [0.15, 0.2) is 11.7 Å². The molecule has 0 bridgehead atoms. The standard InChI is InChI=1S/C16H18F3N3O3S.ClH/c1-24-15(4-6-20-7-5-15)13(23)22-14-21-11-3-2-10(8-12(11)26-14)25-9-16(17,18)19;/h2-3,8,20H,4-7,9H2,1H3,(H,21,22,23);1H. The van der Waals surface area contributed by atoms with E-state index in [1.54, 1.807) is 6.07 Å². The number of benzene rings is 1. The van der Waals surface area contributed by atoms with Gasteiger partial charge < -0.3 is 14.8 Å². The highest BCUT2D eigenvalue weighted by Crippen LogP contribution is 2.31. The molecule has 0 atom stereocenters. The molecule has 0 radical (unpaired) electrons. The van der Waals surface area contributed by atoms with Crippen LogP contribution in [0.3, 0.4) is 0 Å². The maximum absolute atomic E-state index is 12.6. The molecule has 1 amide bonds. The number of nitrogens with zero attached hydrogens (tertiary/aromatic N) is 1. The number of rotatable bonds is 5. The molecule has 0 unspecified atom stereocenters. The van der Waals surface area contributed by atoms with Crippen molar-refractivity contribution in [1.29, 1.82) is 0 Å². The van der Waals surface area contributed by atoms with Crippen LogP contribution in [0.4, 0.5) is 18.3 Å². The summed E-state index contributed by atoms with van der Waals surface area (Å²) >= 11 is 1.17. The Hall–Kier alpha value is -1.62. The third kappa shape index (κ3) is 5.22. The predicted molar refractivity (Wildman–Crippen MR) is 98.9 cm³/mol. The molecule has 1 saturated heterocycles. The van der Waals surface area contributed by atoms with Gasteiger partial charge >= 0.3 is 6.18 Å². The second-order valence-corrected chi connectivity index (χ2v) is 6.99. The van der Waals surface area contributed by atoms with Crippen LogP contribution in [-0.4, -0.2) is 49.5 Å². The monoisotopic (exact) mass is 425 g/mol. The molecule has 11 heteroatoms. The Morgan fingerprint density at radius 3 is 2.70 bits per heavy atom. The number of carbonyl (C=O) groups is 1. The molecular weight excluding hydrogens is 407 g/mol. The van der Waals surface area contributed by atoms with E-state index < -0.39 is 18.4 Å². The highest BCUT2D eigenvalue weighted by molar-refractivity contribution is 7.22. The Balaban J connectivity index is 0.00000261. The lowest BCUT2D eigenvalue weighted by Crippen LogP contribution is -2.51. The predicted octanol–water partition coefficient (Wildman–Crippen LogP) is 3.37. The molecule has 1 aliphatic heterocycles. The molecular formula is C16H19ClF3N3O3S. The van der Waals surface area contributed by atoms with Gasteiger partial charge in [0.25, 0.3) is 5.91 Å². The average Bonchev–Trinajstić information content (AvgIpc) is 3.01. The molecule has 0 aliphatic carbocycles. The first kappa shape index (κ1) is 21.7. The van der Waals surface area contributed by atoms with E-state index in [-0.39, 0.29) is 24.1 Å². The summed E-state index contributed by atoms with van der Waals surface area (Å²) in [6.45, 7) is 0.00726. The lowest BCUT2D eigenvalue weighted by atomic mass is 9.91. The van der Waals surface area contributed by atoms with Crippen molar-refractivity contribution in [2.24, 2.45) is 0 Å². The number of halogens is 4. The number of amides is 1. The van der Waals surface area contributed by atoms with Crippen LogP contribution in [0.1, 0.15) is 12.8 Å². The van der Waals surface area contributed by atoms with E-state index >= 15 is 0 Å². The van der Waals surface area contributed by atoms with Gasteiger partial charge in [-0.15, -0.1) is 12.4 Å². The lowest BCUT2D eigenvalue weighted by Gasteiger charge is -2.34. The number of fused-ring (bicyclic) bond motifs is 1. The quantitative estimate of drug-likeness (QED) is 0.768. The number of carbonyl (C=O) groups excluding carboxylic acids is 1. The van der Waals surface area contributed by atoms with Crippen LogP contribution < -0.4 is 15.4 Å². The van der Waals surface area contributed by atoms with Gasteiger partial charge in [0.2, 0.25) is 0 Å². The van der Waals surface area contributed by atoms with Crippen LogP contribution in [0.25, 0.3) is 10.2 Å². The zero-order chi connectivity index (χ0) is 18.8. The second kappa shape index (κ2) is 8.59. The number of ether oxygens (including phenoxy) is 2. The van der Waals surface area contributed by atoms with E-state index in [1.165, 1.54) is 30.6 Å². The summed E-state index contributed by atoms with van der Waals surface area (Å²) in [7, 11) is 1.51. The minimum atomic E-state index is -4.40. The first-order valence-electron chi connectivity index (χ1n) is 7.99. The summed E-state index contributed by atoms with van der Waals surface area (Å²) in [6.07, 6.45) is -3.30. The Labute approximate surface area is 163 Å². The van der Waals surface area contributed by atoms with Gasteiger partial charge in [-0.25, -0.2) is 4.98 Å². The van der Waals surface area contributed by atoms with Crippen molar-refractivity contribution >= 4 is 45.0 Å². The fourth-order valence-electron chi connectivity index (χ4n) is 2.78. The summed E-state index contributed by atoms with van der Waals surface area (Å²) in [6, 6.07) is 4.46. The highest BCUT2D eigenvalue weighted by atomic mass is 35.5. The molecule has 2 heterocycles. The topological polar surface area (TPSA) is 72.5 Å². The van der Waals surface area contributed by atoms with E-state index in [4.69, 9.17) is 9.47 Å². The van der Waals surface area contributed by atoms with Gasteiger partial charge in [-0.05, 0) is 44.1 Å². The van der Waals surface area contributed by atoms with Crippen LogP contribution >= 0.6 is 23.7 Å². The number of nitrogens with one attached hydrogen (secondary N) is 2. The average molecular weight is 426 g/mol. The number of hydrogen-bond acceptors (Lipinski definition) is 6. The number of anilines is 1. The largest absolute Gasteiger partial charge is 0.484 e.